The van der Waals surface area contributed by atoms with Gasteiger partial charge in [-0.2, -0.15) is 0 Å². The van der Waals surface area contributed by atoms with E-state index in [-0.39, 0.29) is 11.5 Å². The summed E-state index contributed by atoms with van der Waals surface area (Å²) in [6.07, 6.45) is 3.82. The van der Waals surface area contributed by atoms with Gasteiger partial charge in [0.05, 0.1) is 0 Å². The van der Waals surface area contributed by atoms with Gasteiger partial charge in [-0.1, -0.05) is 26.7 Å². The van der Waals surface area contributed by atoms with E-state index in [0.29, 0.717) is 0 Å². The van der Waals surface area contributed by atoms with Crippen LogP contribution in [-0.2, 0) is 14.8 Å². The molecule has 1 aliphatic carbocycles. The van der Waals surface area contributed by atoms with Gasteiger partial charge in [-0.05, 0) is 25.2 Å². The number of carboxylic acids is 1. The van der Waals surface area contributed by atoms with Gasteiger partial charge in [0.1, 0.15) is 0 Å². The predicted octanol–water partition coefficient (Wildman–Crippen LogP) is 1.35. The number of carboxylic acid groups (broad SMARTS) is 1. The first-order valence-corrected chi connectivity index (χ1v) is 7.45. The lowest BCUT2D eigenvalue weighted by molar-refractivity contribution is -0.136. The minimum Gasteiger partial charge on any atom is -0.480 e. The van der Waals surface area contributed by atoms with Crippen LogP contribution < -0.4 is 4.72 Å². The van der Waals surface area contributed by atoms with Gasteiger partial charge in [-0.3, -0.25) is 4.79 Å². The smallest absolute Gasteiger partial charge is 0.323 e. The van der Waals surface area contributed by atoms with E-state index in [1.807, 2.05) is 13.8 Å². The molecule has 0 radical (unpaired) electrons. The first-order chi connectivity index (χ1) is 7.67. The fourth-order valence-electron chi connectivity index (χ4n) is 2.15. The Hall–Kier alpha value is -0.620. The minimum absolute atomic E-state index is 0.108. The standard InChI is InChI=1S/C11H21NO4S/c1-8(10(13)14)17(15,16)12-9-6-4-5-7-11(9,2)3/h8-9,12H,4-7H2,1-3H3,(H,13,14). The maximum atomic E-state index is 11.8. The van der Waals surface area contributed by atoms with Crippen LogP contribution in [0.3, 0.4) is 0 Å². The molecule has 1 saturated carbocycles. The van der Waals surface area contributed by atoms with E-state index in [0.717, 1.165) is 25.7 Å². The lowest BCUT2D eigenvalue weighted by atomic mass is 9.74. The van der Waals surface area contributed by atoms with Crippen molar-refractivity contribution in [3.63, 3.8) is 0 Å². The third-order valence-corrected chi connectivity index (χ3v) is 5.37. The Bertz CT molecular complexity index is 388. The van der Waals surface area contributed by atoms with Crippen LogP contribution >= 0.6 is 0 Å². The van der Waals surface area contributed by atoms with Crippen LogP contribution in [0.25, 0.3) is 0 Å². The SMILES string of the molecule is CC(C(=O)O)S(=O)(=O)NC1CCCCC1(C)C. The molecule has 1 rings (SSSR count). The zero-order valence-corrected chi connectivity index (χ0v) is 11.4. The summed E-state index contributed by atoms with van der Waals surface area (Å²) in [5.41, 5.74) is -0.108. The summed E-state index contributed by atoms with van der Waals surface area (Å²) in [5, 5.41) is 7.36. The van der Waals surface area contributed by atoms with Crippen LogP contribution in [-0.4, -0.2) is 30.8 Å². The molecule has 2 unspecified atom stereocenters. The molecule has 17 heavy (non-hydrogen) atoms. The van der Waals surface area contributed by atoms with Crippen molar-refractivity contribution < 1.29 is 18.3 Å². The lowest BCUT2D eigenvalue weighted by Gasteiger charge is -2.39. The summed E-state index contributed by atoms with van der Waals surface area (Å²) >= 11 is 0. The molecule has 0 aromatic carbocycles. The number of aliphatic carboxylic acids is 1. The summed E-state index contributed by atoms with van der Waals surface area (Å²) in [4.78, 5) is 10.7. The van der Waals surface area contributed by atoms with Crippen molar-refractivity contribution in [2.75, 3.05) is 0 Å². The molecule has 1 fully saturated rings. The molecule has 6 heteroatoms. The van der Waals surface area contributed by atoms with E-state index >= 15 is 0 Å². The summed E-state index contributed by atoms with van der Waals surface area (Å²) in [5.74, 6) is -1.31. The van der Waals surface area contributed by atoms with Crippen LogP contribution in [0.15, 0.2) is 0 Å². The fraction of sp³-hybridized carbons (Fsp3) is 0.909. The maximum Gasteiger partial charge on any atom is 0.323 e. The highest BCUT2D eigenvalue weighted by atomic mass is 32.2. The normalized spacial score (nSPS) is 26.4. The van der Waals surface area contributed by atoms with Gasteiger partial charge >= 0.3 is 5.97 Å². The van der Waals surface area contributed by atoms with Crippen molar-refractivity contribution in [1.29, 1.82) is 0 Å². The number of nitrogens with one attached hydrogen (secondary N) is 1. The molecular weight excluding hydrogens is 242 g/mol. The number of hydrogen-bond donors (Lipinski definition) is 2. The highest BCUT2D eigenvalue weighted by Gasteiger charge is 2.37. The summed E-state index contributed by atoms with van der Waals surface area (Å²) in [6, 6.07) is -0.164. The monoisotopic (exact) mass is 263 g/mol. The zero-order chi connectivity index (χ0) is 13.3. The van der Waals surface area contributed by atoms with Crippen LogP contribution in [0.2, 0.25) is 0 Å². The third-order valence-electron chi connectivity index (χ3n) is 3.63. The minimum atomic E-state index is -3.78. The maximum absolute atomic E-state index is 11.8. The molecule has 0 amide bonds. The Morgan fingerprint density at radius 2 is 2.00 bits per heavy atom. The highest BCUT2D eigenvalue weighted by molar-refractivity contribution is 7.90. The van der Waals surface area contributed by atoms with Crippen LogP contribution in [0.4, 0.5) is 0 Å². The van der Waals surface area contributed by atoms with E-state index in [1.165, 1.54) is 6.92 Å². The topological polar surface area (TPSA) is 83.5 Å². The van der Waals surface area contributed by atoms with Crippen molar-refractivity contribution in [2.45, 2.75) is 57.7 Å². The number of sulfonamides is 1. The van der Waals surface area contributed by atoms with Gasteiger partial charge in [0, 0.05) is 6.04 Å². The largest absolute Gasteiger partial charge is 0.480 e. The average molecular weight is 263 g/mol. The summed E-state index contributed by atoms with van der Waals surface area (Å²) in [7, 11) is -3.78. The van der Waals surface area contributed by atoms with E-state index in [9.17, 15) is 13.2 Å². The third kappa shape index (κ3) is 3.42. The number of rotatable bonds is 4. The Labute approximate surface area is 103 Å². The van der Waals surface area contributed by atoms with Gasteiger partial charge in [0.25, 0.3) is 0 Å². The molecule has 0 aliphatic heterocycles. The number of hydrogen-bond acceptors (Lipinski definition) is 3. The van der Waals surface area contributed by atoms with E-state index in [1.54, 1.807) is 0 Å². The van der Waals surface area contributed by atoms with Crippen molar-refractivity contribution >= 4 is 16.0 Å². The van der Waals surface area contributed by atoms with Crippen molar-refractivity contribution in [3.05, 3.63) is 0 Å². The highest BCUT2D eigenvalue weighted by Crippen LogP contribution is 2.35. The van der Waals surface area contributed by atoms with Gasteiger partial charge in [-0.25, -0.2) is 13.1 Å². The van der Waals surface area contributed by atoms with E-state index in [4.69, 9.17) is 5.11 Å². The molecule has 1 aliphatic rings. The molecule has 0 heterocycles. The van der Waals surface area contributed by atoms with Crippen LogP contribution in [0.1, 0.15) is 46.5 Å². The Morgan fingerprint density at radius 1 is 1.41 bits per heavy atom. The van der Waals surface area contributed by atoms with Crippen molar-refractivity contribution in [1.82, 2.24) is 4.72 Å². The molecule has 0 aromatic rings. The van der Waals surface area contributed by atoms with Gasteiger partial charge in [0.2, 0.25) is 10.0 Å². The Kier molecular flexibility index (Phi) is 4.19. The van der Waals surface area contributed by atoms with Gasteiger partial charge in [-0.15, -0.1) is 0 Å². The fourth-order valence-corrected chi connectivity index (χ4v) is 3.45. The molecular formula is C11H21NO4S. The molecule has 0 spiro atoms. The zero-order valence-electron chi connectivity index (χ0n) is 10.6. The summed E-state index contributed by atoms with van der Waals surface area (Å²) in [6.45, 7) is 5.23. The molecule has 0 aromatic heterocycles. The average Bonchev–Trinajstić information content (AvgIpc) is 2.19. The van der Waals surface area contributed by atoms with Crippen molar-refractivity contribution in [3.8, 4) is 0 Å². The van der Waals surface area contributed by atoms with Crippen LogP contribution in [0, 0.1) is 5.41 Å². The molecule has 2 atom stereocenters. The van der Waals surface area contributed by atoms with E-state index in [2.05, 4.69) is 4.72 Å². The molecule has 2 N–H and O–H groups in total. The van der Waals surface area contributed by atoms with Crippen molar-refractivity contribution in [2.24, 2.45) is 5.41 Å². The van der Waals surface area contributed by atoms with Crippen LogP contribution in [0.5, 0.6) is 0 Å². The van der Waals surface area contributed by atoms with Gasteiger partial charge < -0.3 is 5.11 Å². The van der Waals surface area contributed by atoms with E-state index < -0.39 is 21.2 Å². The number of carbonyl (C=O) groups is 1. The first kappa shape index (κ1) is 14.4. The Morgan fingerprint density at radius 3 is 2.47 bits per heavy atom. The summed E-state index contributed by atoms with van der Waals surface area (Å²) < 4.78 is 26.2. The second kappa shape index (κ2) is 4.94. The molecule has 5 nitrogen and oxygen atoms in total. The second-order valence-electron chi connectivity index (χ2n) is 5.43. The lowest BCUT2D eigenvalue weighted by Crippen LogP contribution is -2.50. The Balaban J connectivity index is 2.80. The quantitative estimate of drug-likeness (QED) is 0.802. The molecule has 0 saturated heterocycles. The predicted molar refractivity (Wildman–Crippen MR) is 65.2 cm³/mol. The second-order valence-corrected chi connectivity index (χ2v) is 7.46. The molecule has 0 bridgehead atoms. The molecule has 100 valence electrons. The first-order valence-electron chi connectivity index (χ1n) is 5.91. The van der Waals surface area contributed by atoms with Gasteiger partial charge in [0.15, 0.2) is 5.25 Å².